The van der Waals surface area contributed by atoms with E-state index in [2.05, 4.69) is 18.7 Å². The van der Waals surface area contributed by atoms with Gasteiger partial charge in [-0.3, -0.25) is 4.90 Å². The number of rotatable bonds is 2. The highest BCUT2D eigenvalue weighted by Gasteiger charge is 2.33. The van der Waals surface area contributed by atoms with Crippen LogP contribution in [0.4, 0.5) is 8.78 Å². The molecule has 0 saturated carbocycles. The number of piperidine rings is 1. The van der Waals surface area contributed by atoms with Gasteiger partial charge in [0, 0.05) is 25.7 Å². The number of hydrogen-bond donors (Lipinski definition) is 1. The third-order valence-corrected chi connectivity index (χ3v) is 3.78. The Morgan fingerprint density at radius 3 is 2.58 bits per heavy atom. The van der Waals surface area contributed by atoms with Gasteiger partial charge < -0.3 is 5.73 Å². The van der Waals surface area contributed by atoms with Crippen LogP contribution in [-0.2, 0) is 6.54 Å². The third kappa shape index (κ3) is 3.88. The Bertz CT molecular complexity index is 437. The maximum absolute atomic E-state index is 13.1. The van der Waals surface area contributed by atoms with Crippen molar-refractivity contribution in [2.45, 2.75) is 32.9 Å². The summed E-state index contributed by atoms with van der Waals surface area (Å²) in [7, 11) is 0. The van der Waals surface area contributed by atoms with Gasteiger partial charge in [0.1, 0.15) is 0 Å². The Kier molecular flexibility index (Phi) is 5.30. The molecule has 1 aliphatic heterocycles. The molecule has 1 heterocycles. The van der Waals surface area contributed by atoms with Crippen molar-refractivity contribution in [3.8, 4) is 0 Å². The van der Waals surface area contributed by atoms with Gasteiger partial charge in [0.25, 0.3) is 0 Å². The van der Waals surface area contributed by atoms with Gasteiger partial charge in [-0.2, -0.15) is 0 Å². The largest absolute Gasteiger partial charge is 0.327 e. The summed E-state index contributed by atoms with van der Waals surface area (Å²) in [6, 6.07) is 4.31. The van der Waals surface area contributed by atoms with Crippen LogP contribution in [0.3, 0.4) is 0 Å². The Labute approximate surface area is 119 Å². The number of benzene rings is 1. The fraction of sp³-hybridized carbons (Fsp3) is 0.571. The molecule has 1 aromatic rings. The molecule has 2 N–H and O–H groups in total. The van der Waals surface area contributed by atoms with Gasteiger partial charge in [0.05, 0.1) is 0 Å². The lowest BCUT2D eigenvalue weighted by Crippen LogP contribution is -2.52. The van der Waals surface area contributed by atoms with Crippen molar-refractivity contribution in [3.63, 3.8) is 0 Å². The fourth-order valence-corrected chi connectivity index (χ4v) is 2.52. The van der Waals surface area contributed by atoms with E-state index in [1.807, 2.05) is 0 Å². The summed E-state index contributed by atoms with van der Waals surface area (Å²) in [4.78, 5) is 2.25. The number of nitrogens with zero attached hydrogens (tertiary/aromatic N) is 1. The normalized spacial score (nSPS) is 22.9. The average Bonchev–Trinajstić information content (AvgIpc) is 2.28. The third-order valence-electron chi connectivity index (χ3n) is 3.78. The molecule has 1 fully saturated rings. The Morgan fingerprint density at radius 1 is 1.32 bits per heavy atom. The summed E-state index contributed by atoms with van der Waals surface area (Å²) in [5.41, 5.74) is 6.95. The molecule has 2 nitrogen and oxygen atoms in total. The van der Waals surface area contributed by atoms with Gasteiger partial charge >= 0.3 is 0 Å². The molecule has 0 spiro atoms. The highest BCUT2D eigenvalue weighted by molar-refractivity contribution is 5.85. The lowest BCUT2D eigenvalue weighted by molar-refractivity contribution is 0.0898. The van der Waals surface area contributed by atoms with Gasteiger partial charge in [-0.15, -0.1) is 12.4 Å². The first-order valence-electron chi connectivity index (χ1n) is 6.30. The first-order chi connectivity index (χ1) is 8.38. The minimum absolute atomic E-state index is 0. The molecule has 1 aromatic carbocycles. The molecule has 0 aliphatic carbocycles. The second-order valence-corrected chi connectivity index (χ2v) is 5.84. The lowest BCUT2D eigenvalue weighted by Gasteiger charge is -2.42. The first-order valence-corrected chi connectivity index (χ1v) is 6.30. The van der Waals surface area contributed by atoms with E-state index in [-0.39, 0.29) is 23.9 Å². The molecular weight excluding hydrogens is 270 g/mol. The van der Waals surface area contributed by atoms with E-state index in [0.717, 1.165) is 25.1 Å². The van der Waals surface area contributed by atoms with Crippen molar-refractivity contribution in [1.82, 2.24) is 4.90 Å². The zero-order valence-corrected chi connectivity index (χ0v) is 12.1. The fourth-order valence-electron chi connectivity index (χ4n) is 2.52. The zero-order valence-electron chi connectivity index (χ0n) is 11.3. The zero-order chi connectivity index (χ0) is 13.3. The van der Waals surface area contributed by atoms with Crippen molar-refractivity contribution in [2.24, 2.45) is 11.1 Å². The molecule has 1 aliphatic rings. The van der Waals surface area contributed by atoms with E-state index in [1.165, 1.54) is 12.1 Å². The van der Waals surface area contributed by atoms with Crippen LogP contribution in [-0.4, -0.2) is 24.0 Å². The van der Waals surface area contributed by atoms with Crippen LogP contribution in [0.2, 0.25) is 0 Å². The summed E-state index contributed by atoms with van der Waals surface area (Å²) in [6.45, 7) is 6.73. The molecule has 1 saturated heterocycles. The second-order valence-electron chi connectivity index (χ2n) is 5.84. The van der Waals surface area contributed by atoms with E-state index in [0.29, 0.717) is 6.54 Å². The number of nitrogens with two attached hydrogens (primary N) is 1. The molecule has 2 rings (SSSR count). The molecule has 1 atom stereocenters. The Hall–Kier alpha value is -0.710. The van der Waals surface area contributed by atoms with E-state index < -0.39 is 11.6 Å². The van der Waals surface area contributed by atoms with Crippen molar-refractivity contribution in [2.75, 3.05) is 13.1 Å². The minimum atomic E-state index is -0.792. The molecule has 0 bridgehead atoms. The molecule has 19 heavy (non-hydrogen) atoms. The van der Waals surface area contributed by atoms with Crippen LogP contribution in [0, 0.1) is 17.0 Å². The van der Waals surface area contributed by atoms with E-state index in [1.54, 1.807) is 6.07 Å². The van der Waals surface area contributed by atoms with E-state index in [9.17, 15) is 8.78 Å². The Balaban J connectivity index is 0.00000180. The number of hydrogen-bond acceptors (Lipinski definition) is 2. The van der Waals surface area contributed by atoms with Crippen LogP contribution >= 0.6 is 12.4 Å². The number of likely N-dealkylation sites (tertiary alicyclic amines) is 1. The van der Waals surface area contributed by atoms with Crippen molar-refractivity contribution in [1.29, 1.82) is 0 Å². The van der Waals surface area contributed by atoms with Crippen molar-refractivity contribution >= 4 is 12.4 Å². The standard InChI is InChI=1S/C14H20F2N2.ClH/c1-14(2)9-18(6-5-13(14)17)8-10-3-4-11(15)12(16)7-10;/h3-4,7,13H,5-6,8-9,17H2,1-2H3;1H. The van der Waals surface area contributed by atoms with Gasteiger partial charge in [-0.25, -0.2) is 8.78 Å². The molecular formula is C14H21ClF2N2. The van der Waals surface area contributed by atoms with Crippen LogP contribution in [0.15, 0.2) is 18.2 Å². The van der Waals surface area contributed by atoms with Gasteiger partial charge in [0.15, 0.2) is 11.6 Å². The topological polar surface area (TPSA) is 29.3 Å². The average molecular weight is 291 g/mol. The minimum Gasteiger partial charge on any atom is -0.327 e. The molecule has 0 amide bonds. The number of halogens is 3. The van der Waals surface area contributed by atoms with Crippen LogP contribution in [0.25, 0.3) is 0 Å². The van der Waals surface area contributed by atoms with Crippen molar-refractivity contribution in [3.05, 3.63) is 35.4 Å². The summed E-state index contributed by atoms with van der Waals surface area (Å²) >= 11 is 0. The summed E-state index contributed by atoms with van der Waals surface area (Å²) in [5, 5.41) is 0. The van der Waals surface area contributed by atoms with E-state index >= 15 is 0 Å². The van der Waals surface area contributed by atoms with E-state index in [4.69, 9.17) is 5.73 Å². The summed E-state index contributed by atoms with van der Waals surface area (Å²) in [6.07, 6.45) is 0.941. The maximum Gasteiger partial charge on any atom is 0.159 e. The molecule has 0 radical (unpaired) electrons. The molecule has 0 aromatic heterocycles. The van der Waals surface area contributed by atoms with Crippen LogP contribution in [0.5, 0.6) is 0 Å². The SMILES string of the molecule is CC1(C)CN(Cc2ccc(F)c(F)c2)CCC1N.Cl. The quantitative estimate of drug-likeness (QED) is 0.907. The highest BCUT2D eigenvalue weighted by atomic mass is 35.5. The van der Waals surface area contributed by atoms with Gasteiger partial charge in [-0.1, -0.05) is 19.9 Å². The Morgan fingerprint density at radius 2 is 2.00 bits per heavy atom. The highest BCUT2D eigenvalue weighted by Crippen LogP contribution is 2.28. The predicted octanol–water partition coefficient (Wildman–Crippen LogP) is 2.95. The maximum atomic E-state index is 13.1. The van der Waals surface area contributed by atoms with Crippen LogP contribution in [0.1, 0.15) is 25.8 Å². The monoisotopic (exact) mass is 290 g/mol. The molecule has 5 heteroatoms. The smallest absolute Gasteiger partial charge is 0.159 e. The summed E-state index contributed by atoms with van der Waals surface area (Å²) < 4.78 is 26.0. The van der Waals surface area contributed by atoms with Gasteiger partial charge in [-0.05, 0) is 29.5 Å². The molecule has 108 valence electrons. The predicted molar refractivity (Wildman–Crippen MR) is 75.3 cm³/mol. The van der Waals surface area contributed by atoms with Gasteiger partial charge in [0.2, 0.25) is 0 Å². The van der Waals surface area contributed by atoms with Crippen molar-refractivity contribution < 1.29 is 8.78 Å². The molecule has 1 unspecified atom stereocenters. The first kappa shape index (κ1) is 16.3. The second kappa shape index (κ2) is 6.16. The summed E-state index contributed by atoms with van der Waals surface area (Å²) in [5.74, 6) is -1.57. The lowest BCUT2D eigenvalue weighted by atomic mass is 9.79. The van der Waals surface area contributed by atoms with Crippen LogP contribution < -0.4 is 5.73 Å².